The summed E-state index contributed by atoms with van der Waals surface area (Å²) in [6.45, 7) is 5.28. The summed E-state index contributed by atoms with van der Waals surface area (Å²) in [5.41, 5.74) is -0.551. The fourth-order valence-electron chi connectivity index (χ4n) is 3.65. The monoisotopic (exact) mass is 525 g/mol. The van der Waals surface area contributed by atoms with Gasteiger partial charge in [-0.3, -0.25) is 10.1 Å². The lowest BCUT2D eigenvalue weighted by Gasteiger charge is -2.29. The van der Waals surface area contributed by atoms with Gasteiger partial charge in [-0.15, -0.1) is 0 Å². The van der Waals surface area contributed by atoms with Crippen molar-refractivity contribution in [1.29, 1.82) is 0 Å². The summed E-state index contributed by atoms with van der Waals surface area (Å²) in [7, 11) is -4.13. The molecule has 2 aromatic rings. The van der Waals surface area contributed by atoms with Crippen molar-refractivity contribution in [3.8, 4) is 0 Å². The zero-order valence-corrected chi connectivity index (χ0v) is 21.4. The number of benzene rings is 2. The zero-order valence-electron chi connectivity index (χ0n) is 19.8. The number of hydrogen-bond donors (Lipinski definition) is 2. The van der Waals surface area contributed by atoms with Gasteiger partial charge in [0.25, 0.3) is 0 Å². The van der Waals surface area contributed by atoms with Crippen LogP contribution in [0.1, 0.15) is 45.6 Å². The molecule has 0 spiro atoms. The molecule has 8 nitrogen and oxygen atoms in total. The highest BCUT2D eigenvalue weighted by molar-refractivity contribution is 7.89. The number of ether oxygens (including phenoxy) is 1. The van der Waals surface area contributed by atoms with E-state index in [1.165, 1.54) is 36.4 Å². The second kappa shape index (κ2) is 10.9. The number of halogens is 2. The molecule has 2 N–H and O–H groups in total. The Kier molecular flexibility index (Phi) is 8.40. The first-order valence-corrected chi connectivity index (χ1v) is 13.0. The minimum atomic E-state index is -4.13. The Labute approximate surface area is 209 Å². The summed E-state index contributed by atoms with van der Waals surface area (Å²) in [5.74, 6) is -1.16. The van der Waals surface area contributed by atoms with Gasteiger partial charge in [0.2, 0.25) is 15.9 Å². The maximum Gasteiger partial charge on any atom is 0.412 e. The van der Waals surface area contributed by atoms with Gasteiger partial charge in [-0.2, -0.15) is 4.31 Å². The first-order valence-electron chi connectivity index (χ1n) is 11.2. The second-order valence-corrected chi connectivity index (χ2v) is 11.6. The Hall–Kier alpha value is -2.69. The van der Waals surface area contributed by atoms with Crippen LogP contribution in [0.3, 0.4) is 0 Å². The van der Waals surface area contributed by atoms with Gasteiger partial charge >= 0.3 is 6.09 Å². The van der Waals surface area contributed by atoms with E-state index in [4.69, 9.17) is 16.3 Å². The fourth-order valence-corrected chi connectivity index (χ4v) is 5.39. The molecule has 0 aromatic heterocycles. The van der Waals surface area contributed by atoms with Gasteiger partial charge in [-0.1, -0.05) is 17.7 Å². The van der Waals surface area contributed by atoms with E-state index in [9.17, 15) is 22.4 Å². The summed E-state index contributed by atoms with van der Waals surface area (Å²) in [6.07, 6.45) is 0.908. The molecule has 190 valence electrons. The average Bonchev–Trinajstić information content (AvgIpc) is 2.97. The van der Waals surface area contributed by atoms with Crippen LogP contribution in [0.25, 0.3) is 0 Å². The lowest BCUT2D eigenvalue weighted by molar-refractivity contribution is -0.124. The van der Waals surface area contributed by atoms with E-state index < -0.39 is 39.5 Å². The molecule has 11 heteroatoms. The molecule has 1 atom stereocenters. The van der Waals surface area contributed by atoms with Gasteiger partial charge in [-0.05, 0) is 82.0 Å². The van der Waals surface area contributed by atoms with E-state index in [0.717, 1.165) is 16.8 Å². The van der Waals surface area contributed by atoms with Crippen LogP contribution in [-0.2, 0) is 26.1 Å². The SMILES string of the molecule is CC(C)(C)OC(=O)Nc1ccc(CN([C@@H]2CCCCNC2=O)S(=O)(=O)c2ccc(Cl)cc2)cc1F. The maximum absolute atomic E-state index is 14.8. The predicted octanol–water partition coefficient (Wildman–Crippen LogP) is 4.69. The molecular weight excluding hydrogens is 497 g/mol. The van der Waals surface area contributed by atoms with Crippen molar-refractivity contribution in [1.82, 2.24) is 9.62 Å². The van der Waals surface area contributed by atoms with Crippen LogP contribution in [0.2, 0.25) is 5.02 Å². The molecule has 0 unspecified atom stereocenters. The van der Waals surface area contributed by atoms with E-state index >= 15 is 0 Å². The number of nitrogens with zero attached hydrogens (tertiary/aromatic N) is 1. The van der Waals surface area contributed by atoms with Crippen LogP contribution < -0.4 is 10.6 Å². The van der Waals surface area contributed by atoms with Crippen LogP contribution in [0.5, 0.6) is 0 Å². The Balaban J connectivity index is 1.91. The van der Waals surface area contributed by atoms with E-state index in [-0.39, 0.29) is 17.1 Å². The van der Waals surface area contributed by atoms with Crippen molar-refractivity contribution in [2.75, 3.05) is 11.9 Å². The molecule has 0 radical (unpaired) electrons. The standard InChI is InChI=1S/C24H29ClFN3O5S/c1-24(2,3)34-23(31)28-20-12-7-16(14-19(20)26)15-29(21-6-4-5-13-27-22(21)30)35(32,33)18-10-8-17(25)9-11-18/h7-12,14,21H,4-6,13,15H2,1-3H3,(H,27,30)(H,28,31)/t21-/m1/s1. The van der Waals surface area contributed by atoms with E-state index in [0.29, 0.717) is 30.0 Å². The van der Waals surface area contributed by atoms with Crippen molar-refractivity contribution >= 4 is 39.3 Å². The van der Waals surface area contributed by atoms with Gasteiger partial charge in [0.1, 0.15) is 17.5 Å². The number of carbonyl (C=O) groups is 2. The van der Waals surface area contributed by atoms with Crippen molar-refractivity contribution < 1.29 is 27.1 Å². The first kappa shape index (κ1) is 26.9. The third-order valence-corrected chi connectivity index (χ3v) is 7.40. The number of rotatable bonds is 6. The molecule has 2 aromatic carbocycles. The van der Waals surface area contributed by atoms with Gasteiger partial charge in [0.15, 0.2) is 0 Å². The molecule has 35 heavy (non-hydrogen) atoms. The van der Waals surface area contributed by atoms with Crippen LogP contribution in [0.15, 0.2) is 47.4 Å². The normalized spacial score (nSPS) is 17.0. The number of amides is 2. The molecule has 1 aliphatic heterocycles. The summed E-state index contributed by atoms with van der Waals surface area (Å²) < 4.78 is 48.2. The number of carbonyl (C=O) groups excluding carboxylic acids is 2. The lowest BCUT2D eigenvalue weighted by atomic mass is 10.1. The molecular formula is C24H29ClFN3O5S. The van der Waals surface area contributed by atoms with Gasteiger partial charge in [0.05, 0.1) is 10.6 Å². The summed E-state index contributed by atoms with van der Waals surface area (Å²) in [5, 5.41) is 5.47. The Morgan fingerprint density at radius 1 is 1.20 bits per heavy atom. The average molecular weight is 526 g/mol. The predicted molar refractivity (Wildman–Crippen MR) is 131 cm³/mol. The number of sulfonamides is 1. The second-order valence-electron chi connectivity index (χ2n) is 9.25. The van der Waals surface area contributed by atoms with Crippen molar-refractivity contribution in [2.45, 2.75) is 63.1 Å². The Bertz CT molecular complexity index is 1180. The molecule has 1 heterocycles. The van der Waals surface area contributed by atoms with E-state index in [2.05, 4.69) is 10.6 Å². The molecule has 0 saturated carbocycles. The Morgan fingerprint density at radius 3 is 2.51 bits per heavy atom. The first-order chi connectivity index (χ1) is 16.4. The third kappa shape index (κ3) is 7.16. The van der Waals surface area contributed by atoms with Gasteiger partial charge in [0, 0.05) is 18.1 Å². The highest BCUT2D eigenvalue weighted by Crippen LogP contribution is 2.27. The molecule has 1 fully saturated rings. The van der Waals surface area contributed by atoms with Gasteiger partial charge in [-0.25, -0.2) is 17.6 Å². The van der Waals surface area contributed by atoms with Crippen LogP contribution in [0, 0.1) is 5.82 Å². The van der Waals surface area contributed by atoms with Crippen LogP contribution in [-0.4, -0.2) is 42.9 Å². The fraction of sp³-hybridized carbons (Fsp3) is 0.417. The smallest absolute Gasteiger partial charge is 0.412 e. The topological polar surface area (TPSA) is 105 Å². The largest absolute Gasteiger partial charge is 0.444 e. The van der Waals surface area contributed by atoms with Crippen molar-refractivity contribution in [3.05, 3.63) is 58.9 Å². The van der Waals surface area contributed by atoms with Crippen molar-refractivity contribution in [2.24, 2.45) is 0 Å². The third-order valence-electron chi connectivity index (χ3n) is 5.28. The minimum Gasteiger partial charge on any atom is -0.444 e. The molecule has 3 rings (SSSR count). The minimum absolute atomic E-state index is 0.0253. The van der Waals surface area contributed by atoms with Gasteiger partial charge < -0.3 is 10.1 Å². The maximum atomic E-state index is 14.8. The van der Waals surface area contributed by atoms with E-state index in [1.807, 2.05) is 0 Å². The quantitative estimate of drug-likeness (QED) is 0.569. The number of hydrogen-bond acceptors (Lipinski definition) is 5. The lowest BCUT2D eigenvalue weighted by Crippen LogP contribution is -2.48. The molecule has 0 aliphatic carbocycles. The van der Waals surface area contributed by atoms with Crippen LogP contribution >= 0.6 is 11.6 Å². The summed E-state index contributed by atoms with van der Waals surface area (Å²) >= 11 is 5.92. The highest BCUT2D eigenvalue weighted by Gasteiger charge is 2.36. The molecule has 1 saturated heterocycles. The summed E-state index contributed by atoms with van der Waals surface area (Å²) in [4.78, 5) is 24.7. The highest BCUT2D eigenvalue weighted by atomic mass is 35.5. The Morgan fingerprint density at radius 2 is 1.89 bits per heavy atom. The van der Waals surface area contributed by atoms with Crippen LogP contribution in [0.4, 0.5) is 14.9 Å². The van der Waals surface area contributed by atoms with Crippen molar-refractivity contribution in [3.63, 3.8) is 0 Å². The molecule has 0 bridgehead atoms. The van der Waals surface area contributed by atoms with E-state index in [1.54, 1.807) is 20.8 Å². The zero-order chi connectivity index (χ0) is 25.8. The number of nitrogens with one attached hydrogen (secondary N) is 2. The molecule has 1 aliphatic rings. The summed E-state index contributed by atoms with van der Waals surface area (Å²) in [6, 6.07) is 8.64. The number of anilines is 1. The molecule has 2 amide bonds.